The summed E-state index contributed by atoms with van der Waals surface area (Å²) in [6, 6.07) is 20.3. The van der Waals surface area contributed by atoms with E-state index >= 15 is 0 Å². The summed E-state index contributed by atoms with van der Waals surface area (Å²) in [5.41, 5.74) is 0.477. The Morgan fingerprint density at radius 2 is 1.63 bits per heavy atom. The van der Waals surface area contributed by atoms with Crippen LogP contribution in [0.2, 0.25) is 15.2 Å². The number of nitrogens with zero attached hydrogens (tertiary/aromatic N) is 1. The number of hydrogen-bond acceptors (Lipinski definition) is 6. The normalized spacial score (nSPS) is 20.9. The number of carbonyl (C=O) groups is 2. The van der Waals surface area contributed by atoms with Gasteiger partial charge in [-0.2, -0.15) is 0 Å². The van der Waals surface area contributed by atoms with Gasteiger partial charge >= 0.3 is 0 Å². The lowest BCUT2D eigenvalue weighted by Gasteiger charge is -2.28. The van der Waals surface area contributed by atoms with E-state index in [4.69, 9.17) is 44.0 Å². The van der Waals surface area contributed by atoms with Gasteiger partial charge in [-0.3, -0.25) is 9.59 Å². The molecule has 2 N–H and O–H groups in total. The first-order valence-corrected chi connectivity index (χ1v) is 14.6. The molecule has 1 aliphatic rings. The minimum absolute atomic E-state index is 0.159. The quantitative estimate of drug-likeness (QED) is 0.177. The largest absolute Gasteiger partial charge is 0.464 e. The van der Waals surface area contributed by atoms with E-state index in [1.54, 1.807) is 91.2 Å². The molecule has 0 bridgehead atoms. The second-order valence-electron chi connectivity index (χ2n) is 10.7. The molecule has 6 rings (SSSR count). The van der Waals surface area contributed by atoms with Crippen LogP contribution in [0.15, 0.2) is 83.5 Å². The van der Waals surface area contributed by atoms with Crippen molar-refractivity contribution in [3.8, 4) is 11.3 Å². The number of furan rings is 1. The van der Waals surface area contributed by atoms with Crippen LogP contribution in [0.3, 0.4) is 0 Å². The fourth-order valence-corrected chi connectivity index (χ4v) is 6.53. The molecule has 0 radical (unpaired) electrons. The molecule has 7 nitrogen and oxygen atoms in total. The van der Waals surface area contributed by atoms with Crippen molar-refractivity contribution in [2.75, 3.05) is 0 Å². The first-order valence-electron chi connectivity index (χ1n) is 13.5. The number of aliphatic hydroxyl groups excluding tert-OH is 1. The second kappa shape index (κ2) is 11.2. The van der Waals surface area contributed by atoms with Crippen molar-refractivity contribution in [1.29, 1.82) is 0 Å². The van der Waals surface area contributed by atoms with Gasteiger partial charge in [0.25, 0.3) is 0 Å². The van der Waals surface area contributed by atoms with Crippen molar-refractivity contribution in [1.82, 2.24) is 4.57 Å². The molecule has 2 aromatic heterocycles. The van der Waals surface area contributed by atoms with Crippen LogP contribution in [0, 0.1) is 13.8 Å². The molecule has 0 saturated carbocycles. The average molecular weight is 639 g/mol. The van der Waals surface area contributed by atoms with Gasteiger partial charge in [0.15, 0.2) is 23.3 Å². The Balaban J connectivity index is 1.51. The molecule has 10 heteroatoms. The van der Waals surface area contributed by atoms with E-state index < -0.39 is 35.6 Å². The van der Waals surface area contributed by atoms with E-state index in [1.165, 1.54) is 6.26 Å². The molecule has 1 saturated heterocycles. The van der Waals surface area contributed by atoms with Gasteiger partial charge < -0.3 is 23.9 Å². The number of ether oxygens (including phenoxy) is 1. The first kappa shape index (κ1) is 29.6. The number of carbonyl (C=O) groups excluding carboxylic acids is 2. The third kappa shape index (κ3) is 4.90. The lowest BCUT2D eigenvalue weighted by molar-refractivity contribution is -0.147. The minimum atomic E-state index is -2.35. The molecular formula is C33H26Cl3NO6. The molecule has 1 fully saturated rings. The zero-order chi connectivity index (χ0) is 30.6. The van der Waals surface area contributed by atoms with Crippen molar-refractivity contribution >= 4 is 57.3 Å². The van der Waals surface area contributed by atoms with Crippen LogP contribution in [-0.4, -0.2) is 38.1 Å². The predicted octanol–water partition coefficient (Wildman–Crippen LogP) is 7.68. The van der Waals surface area contributed by atoms with Crippen LogP contribution in [0.4, 0.5) is 0 Å². The van der Waals surface area contributed by atoms with Gasteiger partial charge in [0.1, 0.15) is 23.2 Å². The van der Waals surface area contributed by atoms with E-state index in [9.17, 15) is 19.8 Å². The van der Waals surface area contributed by atoms with Crippen LogP contribution in [0.5, 0.6) is 0 Å². The zero-order valence-electron chi connectivity index (χ0n) is 23.1. The van der Waals surface area contributed by atoms with Crippen molar-refractivity contribution in [2.24, 2.45) is 0 Å². The topological polar surface area (TPSA) is 102 Å². The van der Waals surface area contributed by atoms with Crippen molar-refractivity contribution < 1.29 is 29.0 Å². The fourth-order valence-electron chi connectivity index (χ4n) is 5.82. The molecule has 4 atom stereocenters. The van der Waals surface area contributed by atoms with Crippen LogP contribution >= 0.6 is 34.8 Å². The predicted molar refractivity (Wildman–Crippen MR) is 165 cm³/mol. The summed E-state index contributed by atoms with van der Waals surface area (Å²) < 4.78 is 13.5. The molecule has 220 valence electrons. The number of benzene rings is 3. The Kier molecular flexibility index (Phi) is 7.75. The van der Waals surface area contributed by atoms with Crippen LogP contribution in [0.25, 0.3) is 22.2 Å². The first-order chi connectivity index (χ1) is 20.5. The smallest absolute Gasteiger partial charge is 0.198 e. The van der Waals surface area contributed by atoms with E-state index in [-0.39, 0.29) is 27.2 Å². The summed E-state index contributed by atoms with van der Waals surface area (Å²) in [5, 5.41) is 24.7. The molecule has 1 aliphatic heterocycles. The molecular weight excluding hydrogens is 613 g/mol. The van der Waals surface area contributed by atoms with Crippen LogP contribution in [0.1, 0.15) is 45.8 Å². The number of ketones is 2. The Bertz CT molecular complexity index is 1880. The number of rotatable bonds is 7. The molecule has 0 amide bonds. The summed E-state index contributed by atoms with van der Waals surface area (Å²) >= 11 is 19.8. The monoisotopic (exact) mass is 637 g/mol. The Labute approximate surface area is 262 Å². The van der Waals surface area contributed by atoms with Crippen LogP contribution in [-0.2, 0) is 9.53 Å². The van der Waals surface area contributed by atoms with Crippen LogP contribution < -0.4 is 0 Å². The van der Waals surface area contributed by atoms with Gasteiger partial charge in [-0.15, -0.1) is 0 Å². The number of halogens is 3. The Morgan fingerprint density at radius 1 is 0.953 bits per heavy atom. The van der Waals surface area contributed by atoms with Crippen molar-refractivity contribution in [3.05, 3.63) is 117 Å². The molecule has 3 aromatic carbocycles. The maximum Gasteiger partial charge on any atom is 0.198 e. The second-order valence-corrected chi connectivity index (χ2v) is 11.9. The van der Waals surface area contributed by atoms with E-state index in [0.717, 1.165) is 0 Å². The lowest BCUT2D eigenvalue weighted by Crippen LogP contribution is -2.51. The molecule has 3 heterocycles. The molecule has 1 unspecified atom stereocenters. The number of aliphatic hydroxyl groups is 2. The van der Waals surface area contributed by atoms with Gasteiger partial charge in [0.05, 0.1) is 27.4 Å². The highest BCUT2D eigenvalue weighted by molar-refractivity contribution is 6.43. The average Bonchev–Trinajstić information content (AvgIpc) is 3.69. The number of hydrogen-bond donors (Lipinski definition) is 2. The Hall–Kier alpha value is -3.43. The number of aromatic nitrogens is 1. The van der Waals surface area contributed by atoms with Crippen molar-refractivity contribution in [3.63, 3.8) is 0 Å². The standard InChI is InChI=1S/C33H26Cl3NO6/c1-17-8-3-5-10-19(17)28(38)29(39)31-33(41,30(40)20-11-6-4-9-18(20)2)16-26(43-31)37-24-15-23(35)22(34)14-21(24)27(32(37)36)25-12-7-13-42-25/h3-15,26,28,31,38,41H,16H2,1-2H3/t26-,28?,31-,33-/m1/s1. The van der Waals surface area contributed by atoms with Gasteiger partial charge in [-0.1, -0.05) is 83.3 Å². The zero-order valence-corrected chi connectivity index (χ0v) is 25.3. The summed E-state index contributed by atoms with van der Waals surface area (Å²) in [5.74, 6) is -1.12. The van der Waals surface area contributed by atoms with E-state index in [2.05, 4.69) is 0 Å². The number of fused-ring (bicyclic) bond motifs is 1. The highest BCUT2D eigenvalue weighted by Gasteiger charge is 2.58. The summed E-state index contributed by atoms with van der Waals surface area (Å²) in [4.78, 5) is 28.1. The van der Waals surface area contributed by atoms with E-state index in [0.29, 0.717) is 38.9 Å². The van der Waals surface area contributed by atoms with Gasteiger partial charge in [0.2, 0.25) is 0 Å². The lowest BCUT2D eigenvalue weighted by atomic mass is 9.81. The third-order valence-electron chi connectivity index (χ3n) is 8.05. The van der Waals surface area contributed by atoms with Gasteiger partial charge in [-0.05, 0) is 54.8 Å². The SMILES string of the molecule is Cc1ccccc1C(=O)[C@]1(O)C[C@H](n2c(Cl)c(-c3ccco3)c3cc(Cl)c(Cl)cc32)O[C@@H]1C(=O)C(O)c1ccccc1C. The fraction of sp³-hybridized carbons (Fsp3) is 0.212. The minimum Gasteiger partial charge on any atom is -0.464 e. The highest BCUT2D eigenvalue weighted by atomic mass is 35.5. The third-order valence-corrected chi connectivity index (χ3v) is 9.14. The summed E-state index contributed by atoms with van der Waals surface area (Å²) in [7, 11) is 0. The maximum atomic E-state index is 14.1. The van der Waals surface area contributed by atoms with E-state index in [1.807, 2.05) is 0 Å². The Morgan fingerprint density at radius 3 is 2.30 bits per heavy atom. The summed E-state index contributed by atoms with van der Waals surface area (Å²) in [6.45, 7) is 3.49. The van der Waals surface area contributed by atoms with Gasteiger partial charge in [-0.25, -0.2) is 0 Å². The molecule has 0 aliphatic carbocycles. The molecule has 0 spiro atoms. The van der Waals surface area contributed by atoms with Gasteiger partial charge in [0, 0.05) is 17.4 Å². The number of aryl methyl sites for hydroxylation is 2. The maximum absolute atomic E-state index is 14.1. The van der Waals surface area contributed by atoms with Crippen molar-refractivity contribution in [2.45, 2.75) is 44.3 Å². The number of Topliss-reactive ketones (excluding diaryl/α,β-unsaturated/α-hetero) is 2. The molecule has 43 heavy (non-hydrogen) atoms. The summed E-state index contributed by atoms with van der Waals surface area (Å²) in [6.07, 6.45) is -3.36. The molecule has 5 aromatic rings. The highest BCUT2D eigenvalue weighted by Crippen LogP contribution is 2.48.